The Kier molecular flexibility index (Phi) is 5.06. The number of likely N-dealkylation sites (tertiary alicyclic amines) is 1. The van der Waals surface area contributed by atoms with E-state index in [1.807, 2.05) is 66.1 Å². The van der Waals surface area contributed by atoms with Crippen LogP contribution in [0.15, 0.2) is 54.7 Å². The van der Waals surface area contributed by atoms with E-state index in [0.717, 1.165) is 17.6 Å². The van der Waals surface area contributed by atoms with E-state index in [1.165, 1.54) is 0 Å². The van der Waals surface area contributed by atoms with E-state index >= 15 is 0 Å². The zero-order valence-corrected chi connectivity index (χ0v) is 15.8. The van der Waals surface area contributed by atoms with Gasteiger partial charge in [0.05, 0.1) is 12.5 Å². The summed E-state index contributed by atoms with van der Waals surface area (Å²) < 4.78 is 1.86. The number of nitrogens with zero attached hydrogens (tertiary/aromatic N) is 4. The Morgan fingerprint density at radius 1 is 1.14 bits per heavy atom. The highest BCUT2D eigenvalue weighted by Crippen LogP contribution is 2.20. The molecule has 4 rings (SSSR count). The van der Waals surface area contributed by atoms with Crippen LogP contribution in [0.4, 0.5) is 0 Å². The number of nitrogens with one attached hydrogen (secondary N) is 1. The summed E-state index contributed by atoms with van der Waals surface area (Å²) in [7, 11) is 0. The molecular formula is C21H23N5O2. The van der Waals surface area contributed by atoms with Crippen LogP contribution < -0.4 is 5.32 Å². The van der Waals surface area contributed by atoms with Gasteiger partial charge in [0.25, 0.3) is 0 Å². The van der Waals surface area contributed by atoms with Crippen molar-refractivity contribution in [1.82, 2.24) is 24.8 Å². The first-order chi connectivity index (χ1) is 13.6. The quantitative estimate of drug-likeness (QED) is 0.739. The first-order valence-corrected chi connectivity index (χ1v) is 9.57. The Morgan fingerprint density at radius 2 is 1.93 bits per heavy atom. The van der Waals surface area contributed by atoms with Gasteiger partial charge in [0, 0.05) is 12.7 Å². The zero-order chi connectivity index (χ0) is 19.5. The lowest BCUT2D eigenvalue weighted by molar-refractivity contribution is -0.138. The van der Waals surface area contributed by atoms with E-state index in [2.05, 4.69) is 15.5 Å². The Morgan fingerprint density at radius 3 is 2.75 bits per heavy atom. The van der Waals surface area contributed by atoms with Crippen molar-refractivity contribution in [2.75, 3.05) is 6.54 Å². The highest BCUT2D eigenvalue weighted by molar-refractivity contribution is 5.89. The molecule has 0 spiro atoms. The maximum Gasteiger partial charge on any atom is 0.243 e. The van der Waals surface area contributed by atoms with Crippen LogP contribution in [0.3, 0.4) is 0 Å². The van der Waals surface area contributed by atoms with Gasteiger partial charge in [0.15, 0.2) is 11.5 Å². The average Bonchev–Trinajstić information content (AvgIpc) is 3.36. The van der Waals surface area contributed by atoms with Crippen LogP contribution in [0.1, 0.15) is 37.2 Å². The van der Waals surface area contributed by atoms with Crippen molar-refractivity contribution in [1.29, 1.82) is 0 Å². The second-order valence-corrected chi connectivity index (χ2v) is 7.12. The van der Waals surface area contributed by atoms with Crippen molar-refractivity contribution in [3.8, 4) is 0 Å². The Balaban J connectivity index is 1.44. The Hall–Kier alpha value is -3.22. The molecule has 0 bridgehead atoms. The summed E-state index contributed by atoms with van der Waals surface area (Å²) in [6.45, 7) is 2.50. The number of carbonyl (C=O) groups excluding carboxylic acids is 2. The van der Waals surface area contributed by atoms with Crippen molar-refractivity contribution in [2.45, 2.75) is 38.3 Å². The minimum atomic E-state index is -0.433. The van der Waals surface area contributed by atoms with Gasteiger partial charge in [-0.3, -0.25) is 14.0 Å². The summed E-state index contributed by atoms with van der Waals surface area (Å²) >= 11 is 0. The second kappa shape index (κ2) is 7.80. The third kappa shape index (κ3) is 3.60. The summed E-state index contributed by atoms with van der Waals surface area (Å²) in [5.74, 6) is 0.521. The minimum absolute atomic E-state index is 0.00979. The summed E-state index contributed by atoms with van der Waals surface area (Å²) in [6, 6.07) is 14.5. The monoisotopic (exact) mass is 377 g/mol. The van der Waals surface area contributed by atoms with Gasteiger partial charge < -0.3 is 10.2 Å². The van der Waals surface area contributed by atoms with Crippen LogP contribution in [-0.2, 0) is 16.0 Å². The molecule has 144 valence electrons. The molecule has 3 heterocycles. The van der Waals surface area contributed by atoms with E-state index in [9.17, 15) is 9.59 Å². The fourth-order valence-corrected chi connectivity index (χ4v) is 3.74. The maximum absolute atomic E-state index is 12.9. The second-order valence-electron chi connectivity index (χ2n) is 7.12. The number of carbonyl (C=O) groups is 2. The van der Waals surface area contributed by atoms with E-state index in [1.54, 1.807) is 4.90 Å². The molecule has 1 aliphatic heterocycles. The lowest BCUT2D eigenvalue weighted by Gasteiger charge is -2.25. The summed E-state index contributed by atoms with van der Waals surface area (Å²) in [5.41, 5.74) is 1.70. The highest BCUT2D eigenvalue weighted by Gasteiger charge is 2.34. The zero-order valence-electron chi connectivity index (χ0n) is 15.8. The molecule has 28 heavy (non-hydrogen) atoms. The van der Waals surface area contributed by atoms with Gasteiger partial charge in [0.2, 0.25) is 11.8 Å². The van der Waals surface area contributed by atoms with Gasteiger partial charge in [-0.2, -0.15) is 0 Å². The van der Waals surface area contributed by atoms with Crippen molar-refractivity contribution >= 4 is 17.5 Å². The predicted molar refractivity (Wildman–Crippen MR) is 104 cm³/mol. The van der Waals surface area contributed by atoms with Crippen LogP contribution in [0.25, 0.3) is 5.65 Å². The number of amides is 2. The van der Waals surface area contributed by atoms with Crippen molar-refractivity contribution in [3.63, 3.8) is 0 Å². The molecule has 7 nitrogen and oxygen atoms in total. The van der Waals surface area contributed by atoms with E-state index in [0.29, 0.717) is 25.2 Å². The molecule has 1 aromatic carbocycles. The number of aromatic nitrogens is 3. The summed E-state index contributed by atoms with van der Waals surface area (Å²) in [5, 5.41) is 11.3. The normalized spacial score (nSPS) is 17.6. The fraction of sp³-hybridized carbons (Fsp3) is 0.333. The molecule has 1 N–H and O–H groups in total. The molecule has 0 aliphatic carbocycles. The van der Waals surface area contributed by atoms with Crippen molar-refractivity contribution < 1.29 is 9.59 Å². The van der Waals surface area contributed by atoms with Gasteiger partial charge in [-0.15, -0.1) is 10.2 Å². The van der Waals surface area contributed by atoms with Gasteiger partial charge in [-0.05, 0) is 37.5 Å². The molecule has 1 fully saturated rings. The summed E-state index contributed by atoms with van der Waals surface area (Å²) in [4.78, 5) is 27.3. The van der Waals surface area contributed by atoms with E-state index in [4.69, 9.17) is 0 Å². The molecule has 7 heteroatoms. The average molecular weight is 377 g/mol. The number of hydrogen-bond acceptors (Lipinski definition) is 4. The Labute approximate surface area is 163 Å². The van der Waals surface area contributed by atoms with Gasteiger partial charge in [-0.1, -0.05) is 36.4 Å². The van der Waals surface area contributed by atoms with Gasteiger partial charge in [-0.25, -0.2) is 0 Å². The van der Waals surface area contributed by atoms with E-state index in [-0.39, 0.29) is 17.9 Å². The number of rotatable bonds is 5. The van der Waals surface area contributed by atoms with Crippen molar-refractivity contribution in [3.05, 3.63) is 66.1 Å². The molecule has 2 amide bonds. The van der Waals surface area contributed by atoms with Crippen LogP contribution in [0.2, 0.25) is 0 Å². The molecule has 2 unspecified atom stereocenters. The van der Waals surface area contributed by atoms with Crippen LogP contribution in [0, 0.1) is 0 Å². The van der Waals surface area contributed by atoms with E-state index < -0.39 is 6.04 Å². The summed E-state index contributed by atoms with van der Waals surface area (Å²) in [6.07, 6.45) is 3.70. The SMILES string of the molecule is CC(NC(=O)C1CCCN1C(=O)Cc1ccccc1)c1nnc2ccccn12. The third-order valence-electron chi connectivity index (χ3n) is 5.16. The van der Waals surface area contributed by atoms with Gasteiger partial charge in [0.1, 0.15) is 6.04 Å². The number of benzene rings is 1. The fourth-order valence-electron chi connectivity index (χ4n) is 3.74. The topological polar surface area (TPSA) is 79.6 Å². The molecule has 2 atom stereocenters. The van der Waals surface area contributed by atoms with Crippen LogP contribution in [0.5, 0.6) is 0 Å². The standard InChI is InChI=1S/C21H23N5O2/c1-15(20-24-23-18-11-5-6-12-26(18)20)22-21(28)17-10-7-13-25(17)19(27)14-16-8-3-2-4-9-16/h2-6,8-9,11-12,15,17H,7,10,13-14H2,1H3,(H,22,28). The Bertz CT molecular complexity index is 985. The molecule has 1 saturated heterocycles. The number of pyridine rings is 1. The maximum atomic E-state index is 12.9. The molecule has 1 aliphatic rings. The lowest BCUT2D eigenvalue weighted by Crippen LogP contribution is -2.47. The first kappa shape index (κ1) is 18.2. The largest absolute Gasteiger partial charge is 0.345 e. The molecular weight excluding hydrogens is 354 g/mol. The molecule has 0 saturated carbocycles. The minimum Gasteiger partial charge on any atom is -0.345 e. The molecule has 3 aromatic rings. The highest BCUT2D eigenvalue weighted by atomic mass is 16.2. The lowest BCUT2D eigenvalue weighted by atomic mass is 10.1. The number of hydrogen-bond donors (Lipinski definition) is 1. The number of fused-ring (bicyclic) bond motifs is 1. The van der Waals surface area contributed by atoms with Crippen LogP contribution >= 0.6 is 0 Å². The third-order valence-corrected chi connectivity index (χ3v) is 5.16. The molecule has 2 aromatic heterocycles. The van der Waals surface area contributed by atoms with Crippen LogP contribution in [-0.4, -0.2) is 43.9 Å². The van der Waals surface area contributed by atoms with Gasteiger partial charge >= 0.3 is 0 Å². The first-order valence-electron chi connectivity index (χ1n) is 9.57. The van der Waals surface area contributed by atoms with Crippen molar-refractivity contribution in [2.24, 2.45) is 0 Å². The smallest absolute Gasteiger partial charge is 0.243 e. The molecule has 0 radical (unpaired) electrons. The predicted octanol–water partition coefficient (Wildman–Crippen LogP) is 2.14.